The van der Waals surface area contributed by atoms with Gasteiger partial charge >= 0.3 is 0 Å². The van der Waals surface area contributed by atoms with E-state index in [1.165, 1.54) is 4.31 Å². The highest BCUT2D eigenvalue weighted by atomic mass is 79.9. The third kappa shape index (κ3) is 3.13. The van der Waals surface area contributed by atoms with Crippen molar-refractivity contribution < 1.29 is 13.2 Å². The summed E-state index contributed by atoms with van der Waals surface area (Å²) in [5, 5.41) is 0. The van der Waals surface area contributed by atoms with Crippen molar-refractivity contribution >= 4 is 31.7 Å². The van der Waals surface area contributed by atoms with Crippen LogP contribution in [0.3, 0.4) is 0 Å². The number of carbonyl (C=O) groups is 1. The average molecular weight is 360 g/mol. The Morgan fingerprint density at radius 2 is 1.85 bits per heavy atom. The molecule has 1 aromatic rings. The van der Waals surface area contributed by atoms with Crippen LogP contribution in [0, 0.1) is 12.8 Å². The zero-order chi connectivity index (χ0) is 14.9. The minimum Gasteiger partial charge on any atom is -0.298 e. The molecule has 2 unspecified atom stereocenters. The molecule has 1 saturated heterocycles. The minimum absolute atomic E-state index is 0.0756. The maximum Gasteiger partial charge on any atom is 0.243 e. The standard InChI is InChI=1S/C14H18BrNO3S/c1-10-3-5-12(6-4-10)20(18,19)16-8-7-11(2)14(17)13(15)9-16/h3-6,11,13H,7-9H2,1-2H3. The van der Waals surface area contributed by atoms with E-state index in [1.54, 1.807) is 24.3 Å². The van der Waals surface area contributed by atoms with Gasteiger partial charge in [-0.1, -0.05) is 40.5 Å². The third-order valence-electron chi connectivity index (χ3n) is 3.63. The van der Waals surface area contributed by atoms with Gasteiger partial charge in [0.15, 0.2) is 5.78 Å². The van der Waals surface area contributed by atoms with Gasteiger partial charge < -0.3 is 0 Å². The molecule has 0 radical (unpaired) electrons. The van der Waals surface area contributed by atoms with E-state index in [9.17, 15) is 13.2 Å². The monoisotopic (exact) mass is 359 g/mol. The summed E-state index contributed by atoms with van der Waals surface area (Å²) in [5.74, 6) is -0.0378. The molecule has 1 aliphatic rings. The lowest BCUT2D eigenvalue weighted by Crippen LogP contribution is -2.36. The van der Waals surface area contributed by atoms with E-state index >= 15 is 0 Å². The van der Waals surface area contributed by atoms with E-state index in [2.05, 4.69) is 15.9 Å². The lowest BCUT2D eigenvalue weighted by atomic mass is 10.0. The van der Waals surface area contributed by atoms with Crippen LogP contribution in [0.4, 0.5) is 0 Å². The molecule has 2 atom stereocenters. The highest BCUT2D eigenvalue weighted by molar-refractivity contribution is 9.10. The van der Waals surface area contributed by atoms with Crippen molar-refractivity contribution in [1.82, 2.24) is 4.31 Å². The molecule has 0 amide bonds. The van der Waals surface area contributed by atoms with E-state index in [4.69, 9.17) is 0 Å². The highest BCUT2D eigenvalue weighted by Crippen LogP contribution is 2.24. The topological polar surface area (TPSA) is 54.5 Å². The first-order valence-corrected chi connectivity index (χ1v) is 8.92. The molecule has 1 heterocycles. The number of benzene rings is 1. The second-order valence-electron chi connectivity index (χ2n) is 5.24. The fourth-order valence-electron chi connectivity index (χ4n) is 2.23. The maximum absolute atomic E-state index is 12.6. The summed E-state index contributed by atoms with van der Waals surface area (Å²) in [6.07, 6.45) is 0.562. The molecule has 0 N–H and O–H groups in total. The third-order valence-corrected chi connectivity index (χ3v) is 6.25. The van der Waals surface area contributed by atoms with Crippen molar-refractivity contribution in [3.05, 3.63) is 29.8 Å². The van der Waals surface area contributed by atoms with Gasteiger partial charge in [-0.25, -0.2) is 8.42 Å². The SMILES string of the molecule is Cc1ccc(S(=O)(=O)N2CCC(C)C(=O)C(Br)C2)cc1. The first kappa shape index (κ1) is 15.7. The van der Waals surface area contributed by atoms with Gasteiger partial charge in [0.1, 0.15) is 0 Å². The Balaban J connectivity index is 2.29. The molecule has 0 spiro atoms. The number of alkyl halides is 1. The summed E-state index contributed by atoms with van der Waals surface area (Å²) >= 11 is 3.31. The lowest BCUT2D eigenvalue weighted by molar-refractivity contribution is -0.121. The fourth-order valence-corrected chi connectivity index (χ4v) is 4.69. The van der Waals surface area contributed by atoms with Gasteiger partial charge in [-0.2, -0.15) is 4.31 Å². The fraction of sp³-hybridized carbons (Fsp3) is 0.500. The summed E-state index contributed by atoms with van der Waals surface area (Å²) in [5.41, 5.74) is 1.02. The van der Waals surface area contributed by atoms with Crippen molar-refractivity contribution in [2.24, 2.45) is 5.92 Å². The van der Waals surface area contributed by atoms with E-state index < -0.39 is 14.9 Å². The molecule has 6 heteroatoms. The Labute approximate surface area is 128 Å². The van der Waals surface area contributed by atoms with Crippen molar-refractivity contribution in [3.63, 3.8) is 0 Å². The molecule has 0 aliphatic carbocycles. The van der Waals surface area contributed by atoms with Crippen molar-refractivity contribution in [2.75, 3.05) is 13.1 Å². The van der Waals surface area contributed by atoms with Crippen molar-refractivity contribution in [1.29, 1.82) is 0 Å². The second kappa shape index (κ2) is 5.95. The normalized spacial score (nSPS) is 25.4. The van der Waals surface area contributed by atoms with Crippen LogP contribution in [-0.2, 0) is 14.8 Å². The molecule has 1 aliphatic heterocycles. The van der Waals surface area contributed by atoms with Crippen molar-refractivity contribution in [2.45, 2.75) is 30.0 Å². The smallest absolute Gasteiger partial charge is 0.243 e. The van der Waals surface area contributed by atoms with Crippen LogP contribution in [0.15, 0.2) is 29.2 Å². The van der Waals surface area contributed by atoms with E-state index in [0.29, 0.717) is 13.0 Å². The van der Waals surface area contributed by atoms with Gasteiger partial charge in [0.25, 0.3) is 0 Å². The number of rotatable bonds is 2. The number of ketones is 1. The molecule has 0 bridgehead atoms. The molecule has 1 aromatic carbocycles. The number of sulfonamides is 1. The van der Waals surface area contributed by atoms with Gasteiger partial charge in [-0.05, 0) is 25.5 Å². The Hall–Kier alpha value is -0.720. The number of aryl methyl sites for hydroxylation is 1. The molecule has 4 nitrogen and oxygen atoms in total. The van der Waals surface area contributed by atoms with E-state index in [-0.39, 0.29) is 23.1 Å². The Kier molecular flexibility index (Phi) is 4.66. The lowest BCUT2D eigenvalue weighted by Gasteiger charge is -2.21. The van der Waals surface area contributed by atoms with Gasteiger partial charge in [0.2, 0.25) is 10.0 Å². The highest BCUT2D eigenvalue weighted by Gasteiger charge is 2.34. The molecule has 0 aromatic heterocycles. The molecule has 1 fully saturated rings. The number of hydrogen-bond donors (Lipinski definition) is 0. The zero-order valence-corrected chi connectivity index (χ0v) is 13.9. The predicted molar refractivity (Wildman–Crippen MR) is 81.4 cm³/mol. The van der Waals surface area contributed by atoms with E-state index in [0.717, 1.165) is 5.56 Å². The van der Waals surface area contributed by atoms with Crippen molar-refractivity contribution in [3.8, 4) is 0 Å². The summed E-state index contributed by atoms with van der Waals surface area (Å²) in [7, 11) is -3.53. The number of carbonyl (C=O) groups excluding carboxylic acids is 1. The molecule has 0 saturated carbocycles. The molecule has 2 rings (SSSR count). The van der Waals surface area contributed by atoms with Crippen LogP contribution in [-0.4, -0.2) is 36.4 Å². The van der Waals surface area contributed by atoms with E-state index in [1.807, 2.05) is 13.8 Å². The summed E-state index contributed by atoms with van der Waals surface area (Å²) in [6.45, 7) is 4.33. The number of hydrogen-bond acceptors (Lipinski definition) is 3. The Morgan fingerprint density at radius 3 is 2.45 bits per heavy atom. The van der Waals surface area contributed by atoms with Crippen LogP contribution < -0.4 is 0 Å². The van der Waals surface area contributed by atoms with Gasteiger partial charge in [0, 0.05) is 19.0 Å². The van der Waals surface area contributed by atoms with Crippen LogP contribution in [0.2, 0.25) is 0 Å². The maximum atomic E-state index is 12.6. The predicted octanol–water partition coefficient (Wildman–Crippen LogP) is 2.36. The van der Waals surface area contributed by atoms with Crippen LogP contribution in [0.5, 0.6) is 0 Å². The number of Topliss-reactive ketones (excluding diaryl/α,β-unsaturated/α-hetero) is 1. The Morgan fingerprint density at radius 1 is 1.25 bits per heavy atom. The van der Waals surface area contributed by atoms with Gasteiger partial charge in [-0.3, -0.25) is 4.79 Å². The Bertz CT molecular complexity index is 597. The molecule has 20 heavy (non-hydrogen) atoms. The van der Waals surface area contributed by atoms with Crippen LogP contribution in [0.1, 0.15) is 18.9 Å². The minimum atomic E-state index is -3.53. The molecule has 110 valence electrons. The first-order chi connectivity index (χ1) is 9.32. The summed E-state index contributed by atoms with van der Waals surface area (Å²) in [6, 6.07) is 6.79. The average Bonchev–Trinajstić information content (AvgIpc) is 2.53. The zero-order valence-electron chi connectivity index (χ0n) is 11.5. The summed E-state index contributed by atoms with van der Waals surface area (Å²) in [4.78, 5) is 11.8. The number of halogens is 1. The largest absolute Gasteiger partial charge is 0.298 e. The number of nitrogens with zero attached hydrogens (tertiary/aromatic N) is 1. The van der Waals surface area contributed by atoms with Crippen LogP contribution in [0.25, 0.3) is 0 Å². The van der Waals surface area contributed by atoms with Gasteiger partial charge in [0.05, 0.1) is 9.72 Å². The second-order valence-corrected chi connectivity index (χ2v) is 8.28. The summed E-state index contributed by atoms with van der Waals surface area (Å²) < 4.78 is 26.6. The van der Waals surface area contributed by atoms with Crippen LogP contribution >= 0.6 is 15.9 Å². The quantitative estimate of drug-likeness (QED) is 0.761. The first-order valence-electron chi connectivity index (χ1n) is 6.57. The molecular formula is C14H18BrNO3S. The van der Waals surface area contributed by atoms with Gasteiger partial charge in [-0.15, -0.1) is 0 Å². The molecular weight excluding hydrogens is 342 g/mol.